The van der Waals surface area contributed by atoms with Crippen LogP contribution < -0.4 is 10.6 Å². The highest BCUT2D eigenvalue weighted by Gasteiger charge is 2.16. The fourth-order valence-electron chi connectivity index (χ4n) is 2.20. The van der Waals surface area contributed by atoms with Crippen LogP contribution in [-0.2, 0) is 0 Å². The zero-order chi connectivity index (χ0) is 17.7. The maximum atomic E-state index is 11.9. The van der Waals surface area contributed by atoms with Gasteiger partial charge in [-0.1, -0.05) is 12.1 Å². The molecule has 0 bridgehead atoms. The molecule has 0 spiro atoms. The van der Waals surface area contributed by atoms with Gasteiger partial charge in [0.15, 0.2) is 0 Å². The highest BCUT2D eigenvalue weighted by atomic mass is 32.1. The van der Waals surface area contributed by atoms with E-state index in [4.69, 9.17) is 0 Å². The van der Waals surface area contributed by atoms with E-state index < -0.39 is 23.1 Å². The number of rotatable bonds is 6. The molecular formula is C16H19N3O4S. The quantitative estimate of drug-likeness (QED) is 0.550. The van der Waals surface area contributed by atoms with E-state index in [1.807, 2.05) is 10.8 Å². The predicted octanol–water partition coefficient (Wildman–Crippen LogP) is 3.06. The highest BCUT2D eigenvalue weighted by Crippen LogP contribution is 2.23. The molecule has 0 fully saturated rings. The number of carbonyl (C=O) groups excluding carboxylic acids is 1. The monoisotopic (exact) mass is 349 g/mol. The van der Waals surface area contributed by atoms with Crippen molar-refractivity contribution in [2.24, 2.45) is 0 Å². The minimum atomic E-state index is -0.766. The number of aliphatic hydroxyl groups is 1. The van der Waals surface area contributed by atoms with Gasteiger partial charge in [-0.25, -0.2) is 4.79 Å². The Balaban J connectivity index is 1.92. The molecule has 0 saturated carbocycles. The third-order valence-electron chi connectivity index (χ3n) is 3.66. The number of amides is 2. The molecule has 3 N–H and O–H groups in total. The van der Waals surface area contributed by atoms with Crippen molar-refractivity contribution in [3.8, 4) is 0 Å². The third kappa shape index (κ3) is 4.53. The van der Waals surface area contributed by atoms with Gasteiger partial charge in [-0.05, 0) is 41.8 Å². The maximum Gasteiger partial charge on any atom is 0.315 e. The van der Waals surface area contributed by atoms with Crippen LogP contribution in [0.25, 0.3) is 0 Å². The molecule has 0 unspecified atom stereocenters. The van der Waals surface area contributed by atoms with Crippen LogP contribution >= 0.6 is 11.3 Å². The lowest BCUT2D eigenvalue weighted by molar-refractivity contribution is -0.385. The van der Waals surface area contributed by atoms with Crippen molar-refractivity contribution in [3.63, 3.8) is 0 Å². The van der Waals surface area contributed by atoms with Crippen molar-refractivity contribution in [3.05, 3.63) is 61.8 Å². The van der Waals surface area contributed by atoms with Crippen LogP contribution in [0.15, 0.2) is 35.0 Å². The van der Waals surface area contributed by atoms with E-state index in [0.29, 0.717) is 11.1 Å². The first-order valence-electron chi connectivity index (χ1n) is 7.38. The lowest BCUT2D eigenvalue weighted by Gasteiger charge is -2.16. The number of aliphatic hydroxyl groups excluding tert-OH is 1. The normalized spacial score (nSPS) is 13.1. The molecule has 0 saturated heterocycles. The summed E-state index contributed by atoms with van der Waals surface area (Å²) >= 11 is 1.47. The Kier molecular flexibility index (Phi) is 5.88. The van der Waals surface area contributed by atoms with Gasteiger partial charge in [0, 0.05) is 18.2 Å². The molecule has 1 heterocycles. The van der Waals surface area contributed by atoms with Crippen molar-refractivity contribution in [2.75, 3.05) is 6.54 Å². The predicted molar refractivity (Wildman–Crippen MR) is 92.1 cm³/mol. The van der Waals surface area contributed by atoms with Gasteiger partial charge in [0.2, 0.25) is 0 Å². The first kappa shape index (κ1) is 17.9. The minimum Gasteiger partial charge on any atom is -0.387 e. The Hall–Kier alpha value is -2.45. The highest BCUT2D eigenvalue weighted by molar-refractivity contribution is 7.07. The van der Waals surface area contributed by atoms with Crippen LogP contribution in [0, 0.1) is 17.0 Å². The number of nitrogens with zero attached hydrogens (tertiary/aromatic N) is 1. The summed E-state index contributed by atoms with van der Waals surface area (Å²) in [4.78, 5) is 22.5. The summed E-state index contributed by atoms with van der Waals surface area (Å²) < 4.78 is 0. The Bertz CT molecular complexity index is 718. The lowest BCUT2D eigenvalue weighted by atomic mass is 10.0. The van der Waals surface area contributed by atoms with Crippen molar-refractivity contribution in [1.82, 2.24) is 10.6 Å². The van der Waals surface area contributed by atoms with Gasteiger partial charge >= 0.3 is 6.03 Å². The maximum absolute atomic E-state index is 11.9. The van der Waals surface area contributed by atoms with Crippen molar-refractivity contribution >= 4 is 23.1 Å². The van der Waals surface area contributed by atoms with E-state index >= 15 is 0 Å². The van der Waals surface area contributed by atoms with E-state index in [-0.39, 0.29) is 12.2 Å². The zero-order valence-corrected chi connectivity index (χ0v) is 14.2. The van der Waals surface area contributed by atoms with Gasteiger partial charge in [-0.15, -0.1) is 0 Å². The minimum absolute atomic E-state index is 0.0226. The first-order valence-corrected chi connectivity index (χ1v) is 8.32. The Morgan fingerprint density at radius 3 is 2.75 bits per heavy atom. The molecule has 2 rings (SSSR count). The summed E-state index contributed by atoms with van der Waals surface area (Å²) in [5, 5.41) is 29.9. The molecule has 0 radical (unpaired) electrons. The molecule has 2 atom stereocenters. The van der Waals surface area contributed by atoms with E-state index in [2.05, 4.69) is 10.6 Å². The van der Waals surface area contributed by atoms with Crippen LogP contribution in [0.3, 0.4) is 0 Å². The second-order valence-electron chi connectivity index (χ2n) is 5.45. The SMILES string of the molecule is Cc1ccc([C@@H](C)NC(=O)NC[C@@H](O)c2ccsc2)cc1[N+](=O)[O-]. The van der Waals surface area contributed by atoms with Crippen LogP contribution in [0.2, 0.25) is 0 Å². The summed E-state index contributed by atoms with van der Waals surface area (Å²) in [6.07, 6.45) is -0.766. The molecule has 2 aromatic rings. The molecule has 1 aromatic carbocycles. The van der Waals surface area contributed by atoms with Crippen molar-refractivity contribution in [2.45, 2.75) is 26.0 Å². The van der Waals surface area contributed by atoms with Gasteiger partial charge in [0.1, 0.15) is 0 Å². The van der Waals surface area contributed by atoms with Gasteiger partial charge < -0.3 is 15.7 Å². The number of benzene rings is 1. The van der Waals surface area contributed by atoms with E-state index in [9.17, 15) is 20.0 Å². The van der Waals surface area contributed by atoms with Crippen molar-refractivity contribution in [1.29, 1.82) is 0 Å². The zero-order valence-electron chi connectivity index (χ0n) is 13.4. The Labute approximate surface area is 143 Å². The van der Waals surface area contributed by atoms with Crippen molar-refractivity contribution < 1.29 is 14.8 Å². The smallest absolute Gasteiger partial charge is 0.315 e. The number of nitro groups is 1. The van der Waals surface area contributed by atoms with E-state index in [1.54, 1.807) is 32.0 Å². The molecule has 0 aliphatic carbocycles. The van der Waals surface area contributed by atoms with Gasteiger partial charge in [0.05, 0.1) is 17.1 Å². The van der Waals surface area contributed by atoms with Crippen LogP contribution in [0.5, 0.6) is 0 Å². The number of nitro benzene ring substituents is 1. The van der Waals surface area contributed by atoms with E-state index in [1.165, 1.54) is 17.4 Å². The number of nitrogens with one attached hydrogen (secondary N) is 2. The molecule has 24 heavy (non-hydrogen) atoms. The largest absolute Gasteiger partial charge is 0.387 e. The molecule has 1 aromatic heterocycles. The molecule has 128 valence electrons. The summed E-state index contributed by atoms with van der Waals surface area (Å²) in [6.45, 7) is 3.49. The topological polar surface area (TPSA) is 104 Å². The summed E-state index contributed by atoms with van der Waals surface area (Å²) in [7, 11) is 0. The molecule has 2 amide bonds. The second-order valence-corrected chi connectivity index (χ2v) is 6.23. The van der Waals surface area contributed by atoms with Gasteiger partial charge in [0.25, 0.3) is 5.69 Å². The van der Waals surface area contributed by atoms with Gasteiger partial charge in [-0.2, -0.15) is 11.3 Å². The fourth-order valence-corrected chi connectivity index (χ4v) is 2.90. The van der Waals surface area contributed by atoms with Crippen LogP contribution in [0.1, 0.15) is 35.8 Å². The first-order chi connectivity index (χ1) is 11.4. The van der Waals surface area contributed by atoms with Crippen LogP contribution in [0.4, 0.5) is 10.5 Å². The number of hydrogen-bond acceptors (Lipinski definition) is 5. The number of carbonyl (C=O) groups is 1. The van der Waals surface area contributed by atoms with Crippen LogP contribution in [-0.4, -0.2) is 22.6 Å². The number of hydrogen-bond donors (Lipinski definition) is 3. The molecule has 0 aliphatic rings. The molecular weight excluding hydrogens is 330 g/mol. The fraction of sp³-hybridized carbons (Fsp3) is 0.312. The average Bonchev–Trinajstić information content (AvgIpc) is 3.07. The Morgan fingerprint density at radius 2 is 2.12 bits per heavy atom. The van der Waals surface area contributed by atoms with E-state index in [0.717, 1.165) is 5.56 Å². The summed E-state index contributed by atoms with van der Waals surface area (Å²) in [6, 6.07) is 5.81. The summed E-state index contributed by atoms with van der Waals surface area (Å²) in [5.74, 6) is 0. The number of thiophene rings is 1. The number of urea groups is 1. The Morgan fingerprint density at radius 1 is 1.38 bits per heavy atom. The second kappa shape index (κ2) is 7.89. The average molecular weight is 349 g/mol. The number of aryl methyl sites for hydroxylation is 1. The third-order valence-corrected chi connectivity index (χ3v) is 4.36. The van der Waals surface area contributed by atoms with Gasteiger partial charge in [-0.3, -0.25) is 10.1 Å². The lowest BCUT2D eigenvalue weighted by Crippen LogP contribution is -2.39. The molecule has 7 nitrogen and oxygen atoms in total. The molecule has 8 heteroatoms. The summed E-state index contributed by atoms with van der Waals surface area (Å²) in [5.41, 5.74) is 1.98. The molecule has 0 aliphatic heterocycles. The standard InChI is InChI=1S/C16H19N3O4S/c1-10-3-4-12(7-14(10)19(22)23)11(2)18-16(21)17-8-15(20)13-5-6-24-9-13/h3-7,9,11,15,20H,8H2,1-2H3,(H2,17,18,21)/t11-,15-/m1/s1.